The summed E-state index contributed by atoms with van der Waals surface area (Å²) in [5.41, 5.74) is 0. The van der Waals surface area contributed by atoms with Crippen molar-refractivity contribution >= 4 is 23.3 Å². The lowest BCUT2D eigenvalue weighted by molar-refractivity contribution is -0.119. The zero-order chi connectivity index (χ0) is 20.6. The van der Waals surface area contributed by atoms with Crippen LogP contribution in [-0.2, 0) is 4.79 Å². The molecule has 0 radical (unpaired) electrons. The van der Waals surface area contributed by atoms with Gasteiger partial charge in [-0.3, -0.25) is 4.79 Å². The molecule has 3 rings (SSSR count). The van der Waals surface area contributed by atoms with Gasteiger partial charge in [-0.25, -0.2) is 9.78 Å². The number of nitrogens with zero attached hydrogens (tertiary/aromatic N) is 1. The molecule has 1 unspecified atom stereocenters. The molecule has 1 aromatic heterocycles. The summed E-state index contributed by atoms with van der Waals surface area (Å²) in [6.45, 7) is 3.26. The number of nitrogens with one attached hydrogen (secondary N) is 2. The molecule has 0 aliphatic heterocycles. The van der Waals surface area contributed by atoms with Crippen molar-refractivity contribution in [2.75, 3.05) is 0 Å². The summed E-state index contributed by atoms with van der Waals surface area (Å²) in [5.74, 6) is 6.81. The number of ether oxygens (including phenoxy) is 2. The van der Waals surface area contributed by atoms with Gasteiger partial charge in [-0.2, -0.15) is 0 Å². The summed E-state index contributed by atoms with van der Waals surface area (Å²) in [6, 6.07) is 6.75. The quantitative estimate of drug-likeness (QED) is 0.727. The van der Waals surface area contributed by atoms with Crippen molar-refractivity contribution in [1.82, 2.24) is 15.6 Å². The highest BCUT2D eigenvalue weighted by atomic mass is 32.1. The van der Waals surface area contributed by atoms with Crippen molar-refractivity contribution in [2.24, 2.45) is 0 Å². The predicted octanol–water partition coefficient (Wildman–Crippen LogP) is 3.84. The van der Waals surface area contributed by atoms with Crippen molar-refractivity contribution in [3.05, 3.63) is 35.3 Å². The molecular weight excluding hydrogens is 390 g/mol. The summed E-state index contributed by atoms with van der Waals surface area (Å²) in [7, 11) is 0. The Morgan fingerprint density at radius 1 is 1.21 bits per heavy atom. The molecule has 1 fully saturated rings. The Balaban J connectivity index is 1.51. The SMILES string of the molecule is CC(=O)NC(C)C#Cc1cnc(Oc2ccc(OC(=O)NC3CCCC3)cc2)s1. The predicted molar refractivity (Wildman–Crippen MR) is 110 cm³/mol. The first-order valence-corrected chi connectivity index (χ1v) is 10.3. The van der Waals surface area contributed by atoms with Crippen molar-refractivity contribution < 1.29 is 19.1 Å². The number of hydrogen-bond acceptors (Lipinski definition) is 6. The maximum absolute atomic E-state index is 11.9. The van der Waals surface area contributed by atoms with Crippen molar-refractivity contribution in [2.45, 2.75) is 51.6 Å². The average molecular weight is 413 g/mol. The molecule has 29 heavy (non-hydrogen) atoms. The molecule has 1 aliphatic carbocycles. The lowest BCUT2D eigenvalue weighted by Crippen LogP contribution is -2.34. The van der Waals surface area contributed by atoms with Crippen LogP contribution in [-0.4, -0.2) is 29.1 Å². The van der Waals surface area contributed by atoms with E-state index in [0.717, 1.165) is 30.6 Å². The molecular formula is C21H23N3O4S. The Hall–Kier alpha value is -3.05. The molecule has 2 amide bonds. The molecule has 0 bridgehead atoms. The third-order valence-corrected chi connectivity index (χ3v) is 5.02. The second-order valence-electron chi connectivity index (χ2n) is 6.77. The monoisotopic (exact) mass is 413 g/mol. The molecule has 0 spiro atoms. The smallest absolute Gasteiger partial charge is 0.412 e. The van der Waals surface area contributed by atoms with Crippen LogP contribution < -0.4 is 20.1 Å². The maximum Gasteiger partial charge on any atom is 0.412 e. The minimum Gasteiger partial charge on any atom is -0.431 e. The lowest BCUT2D eigenvalue weighted by atomic mass is 10.3. The van der Waals surface area contributed by atoms with Crippen molar-refractivity contribution in [3.63, 3.8) is 0 Å². The zero-order valence-corrected chi connectivity index (χ0v) is 17.2. The van der Waals surface area contributed by atoms with Gasteiger partial charge < -0.3 is 20.1 Å². The molecule has 152 valence electrons. The number of rotatable bonds is 5. The number of hydrogen-bond donors (Lipinski definition) is 2. The van der Waals surface area contributed by atoms with Gasteiger partial charge in [0.2, 0.25) is 5.91 Å². The fourth-order valence-corrected chi connectivity index (χ4v) is 3.58. The number of aromatic nitrogens is 1. The topological polar surface area (TPSA) is 89.6 Å². The Kier molecular flexibility index (Phi) is 7.09. The van der Waals surface area contributed by atoms with Gasteiger partial charge in [0, 0.05) is 13.0 Å². The summed E-state index contributed by atoms with van der Waals surface area (Å²) >= 11 is 1.31. The van der Waals surface area contributed by atoms with E-state index in [2.05, 4.69) is 27.5 Å². The Morgan fingerprint density at radius 2 is 1.90 bits per heavy atom. The largest absolute Gasteiger partial charge is 0.431 e. The van der Waals surface area contributed by atoms with Crippen LogP contribution in [0.4, 0.5) is 4.79 Å². The van der Waals surface area contributed by atoms with Crippen LogP contribution in [0.15, 0.2) is 30.5 Å². The van der Waals surface area contributed by atoms with Gasteiger partial charge in [-0.05, 0) is 44.0 Å². The third kappa shape index (κ3) is 6.80. The number of amides is 2. The second-order valence-corrected chi connectivity index (χ2v) is 7.76. The molecule has 1 heterocycles. The van der Waals surface area contributed by atoms with Crippen LogP contribution in [0, 0.1) is 11.8 Å². The van der Waals surface area contributed by atoms with Gasteiger partial charge in [-0.15, -0.1) is 0 Å². The number of thiazole rings is 1. The minimum atomic E-state index is -0.429. The number of carbonyl (C=O) groups is 2. The van der Waals surface area contributed by atoms with Crippen LogP contribution >= 0.6 is 11.3 Å². The van der Waals surface area contributed by atoms with E-state index in [1.807, 2.05) is 6.92 Å². The van der Waals surface area contributed by atoms with E-state index in [9.17, 15) is 9.59 Å². The third-order valence-electron chi connectivity index (χ3n) is 4.23. The Bertz CT molecular complexity index is 908. The molecule has 1 aromatic carbocycles. The second kappa shape index (κ2) is 9.94. The summed E-state index contributed by atoms with van der Waals surface area (Å²) < 4.78 is 11.0. The number of carbonyl (C=O) groups excluding carboxylic acids is 2. The van der Waals surface area contributed by atoms with Gasteiger partial charge in [0.1, 0.15) is 16.4 Å². The first kappa shape index (κ1) is 20.7. The van der Waals surface area contributed by atoms with Gasteiger partial charge in [0.05, 0.1) is 12.2 Å². The van der Waals surface area contributed by atoms with E-state index in [0.29, 0.717) is 16.7 Å². The Morgan fingerprint density at radius 3 is 2.59 bits per heavy atom. The molecule has 1 atom stereocenters. The van der Waals surface area contributed by atoms with Crippen LogP contribution in [0.25, 0.3) is 0 Å². The fraction of sp³-hybridized carbons (Fsp3) is 0.381. The van der Waals surface area contributed by atoms with E-state index < -0.39 is 6.09 Å². The fourth-order valence-electron chi connectivity index (χ4n) is 2.93. The molecule has 2 N–H and O–H groups in total. The summed E-state index contributed by atoms with van der Waals surface area (Å²) in [6.07, 6.45) is 5.51. The van der Waals surface area contributed by atoms with Crippen LogP contribution in [0.2, 0.25) is 0 Å². The molecule has 7 nitrogen and oxygen atoms in total. The Labute approximate surface area is 173 Å². The molecule has 1 saturated carbocycles. The normalized spacial score (nSPS) is 14.4. The minimum absolute atomic E-state index is 0.122. The van der Waals surface area contributed by atoms with Gasteiger partial charge in [0.15, 0.2) is 0 Å². The van der Waals surface area contributed by atoms with Gasteiger partial charge in [-0.1, -0.05) is 36.0 Å². The first-order chi connectivity index (χ1) is 14.0. The molecule has 0 saturated heterocycles. The molecule has 8 heteroatoms. The van der Waals surface area contributed by atoms with Crippen LogP contribution in [0.5, 0.6) is 16.7 Å². The molecule has 1 aliphatic rings. The van der Waals surface area contributed by atoms with Crippen LogP contribution in [0.3, 0.4) is 0 Å². The lowest BCUT2D eigenvalue weighted by Gasteiger charge is -2.12. The van der Waals surface area contributed by atoms with Gasteiger partial charge >= 0.3 is 6.09 Å². The van der Waals surface area contributed by atoms with Crippen LogP contribution in [0.1, 0.15) is 44.4 Å². The van der Waals surface area contributed by atoms with E-state index in [1.165, 1.54) is 18.3 Å². The first-order valence-electron chi connectivity index (χ1n) is 9.48. The van der Waals surface area contributed by atoms with E-state index in [-0.39, 0.29) is 18.0 Å². The average Bonchev–Trinajstić information content (AvgIpc) is 3.33. The summed E-state index contributed by atoms with van der Waals surface area (Å²) in [5, 5.41) is 6.03. The zero-order valence-electron chi connectivity index (χ0n) is 16.4. The van der Waals surface area contributed by atoms with E-state index in [1.54, 1.807) is 30.5 Å². The van der Waals surface area contributed by atoms with Crippen molar-refractivity contribution in [1.29, 1.82) is 0 Å². The molecule has 2 aromatic rings. The highest BCUT2D eigenvalue weighted by Gasteiger charge is 2.18. The standard InChI is InChI=1S/C21H23N3O4S/c1-14(23-15(2)25)7-12-19-13-22-21(29-19)28-18-10-8-17(9-11-18)27-20(26)24-16-5-3-4-6-16/h8-11,13-14,16H,3-6H2,1-2H3,(H,23,25)(H,24,26). The summed E-state index contributed by atoms with van der Waals surface area (Å²) in [4.78, 5) is 27.8. The van der Waals surface area contributed by atoms with Crippen molar-refractivity contribution in [3.8, 4) is 28.5 Å². The maximum atomic E-state index is 11.9. The highest BCUT2D eigenvalue weighted by Crippen LogP contribution is 2.27. The highest BCUT2D eigenvalue weighted by molar-refractivity contribution is 7.13. The number of benzene rings is 1. The van der Waals surface area contributed by atoms with Gasteiger partial charge in [0.25, 0.3) is 5.19 Å². The van der Waals surface area contributed by atoms with E-state index in [4.69, 9.17) is 9.47 Å². The van der Waals surface area contributed by atoms with E-state index >= 15 is 0 Å².